The maximum absolute atomic E-state index is 12.1. The molecule has 2 aromatic carbocycles. The van der Waals surface area contributed by atoms with Crippen LogP contribution in [0.3, 0.4) is 0 Å². The van der Waals surface area contributed by atoms with E-state index in [9.17, 15) is 15.3 Å². The lowest BCUT2D eigenvalue weighted by Gasteiger charge is -2.35. The van der Waals surface area contributed by atoms with Crippen LogP contribution in [0.15, 0.2) is 95.6 Å². The van der Waals surface area contributed by atoms with E-state index in [1.165, 1.54) is 6.07 Å². The van der Waals surface area contributed by atoms with Gasteiger partial charge in [-0.05, 0) is 62.8 Å². The third kappa shape index (κ3) is 6.99. The number of ether oxygens (including phenoxy) is 1. The molecular formula is C33H37ClO4. The summed E-state index contributed by atoms with van der Waals surface area (Å²) < 4.78 is 5.85. The molecule has 4 nitrogen and oxygen atoms in total. The van der Waals surface area contributed by atoms with Crippen molar-refractivity contribution in [3.63, 3.8) is 0 Å². The van der Waals surface area contributed by atoms with Crippen molar-refractivity contribution < 1.29 is 20.1 Å². The molecule has 3 unspecified atom stereocenters. The summed E-state index contributed by atoms with van der Waals surface area (Å²) in [6.45, 7) is 4.17. The van der Waals surface area contributed by atoms with Gasteiger partial charge in [0.2, 0.25) is 0 Å². The highest BCUT2D eigenvalue weighted by atomic mass is 35.5. The molecule has 0 saturated heterocycles. The van der Waals surface area contributed by atoms with Crippen molar-refractivity contribution in [2.45, 2.75) is 57.8 Å². The van der Waals surface area contributed by atoms with Crippen LogP contribution in [0.25, 0.3) is 0 Å². The summed E-state index contributed by atoms with van der Waals surface area (Å²) in [6.07, 6.45) is 18.0. The van der Waals surface area contributed by atoms with Crippen LogP contribution >= 0.6 is 11.6 Å². The zero-order valence-corrected chi connectivity index (χ0v) is 22.8. The molecule has 0 aliphatic heterocycles. The number of allylic oxidation sites excluding steroid dienone is 8. The van der Waals surface area contributed by atoms with Gasteiger partial charge in [0.1, 0.15) is 23.7 Å². The minimum Gasteiger partial charge on any atom is -0.507 e. The lowest BCUT2D eigenvalue weighted by Crippen LogP contribution is -2.41. The number of phenolic OH excluding ortho intramolecular Hbond substituents is 1. The van der Waals surface area contributed by atoms with E-state index in [1.54, 1.807) is 18.2 Å². The first kappa shape index (κ1) is 29.3. The van der Waals surface area contributed by atoms with Crippen LogP contribution < -0.4 is 4.74 Å². The topological polar surface area (TPSA) is 69.9 Å². The molecule has 3 N–H and O–H groups in total. The van der Waals surface area contributed by atoms with Crippen LogP contribution in [0.5, 0.6) is 11.5 Å². The van der Waals surface area contributed by atoms with Gasteiger partial charge in [-0.25, -0.2) is 0 Å². The highest BCUT2D eigenvalue weighted by Gasteiger charge is 2.55. The van der Waals surface area contributed by atoms with Gasteiger partial charge in [0, 0.05) is 29.0 Å². The molecule has 0 radical (unpaired) electrons. The fourth-order valence-electron chi connectivity index (χ4n) is 5.19. The largest absolute Gasteiger partial charge is 0.507 e. The molecule has 5 heteroatoms. The van der Waals surface area contributed by atoms with Crippen molar-refractivity contribution in [3.8, 4) is 23.8 Å². The van der Waals surface area contributed by atoms with Crippen molar-refractivity contribution >= 4 is 11.6 Å². The van der Waals surface area contributed by atoms with Gasteiger partial charge in [0.05, 0.1) is 6.10 Å². The molecule has 0 spiro atoms. The monoisotopic (exact) mass is 532 g/mol. The highest BCUT2D eigenvalue weighted by molar-refractivity contribution is 6.29. The number of halogens is 1. The van der Waals surface area contributed by atoms with Crippen LogP contribution in [0, 0.1) is 24.2 Å². The zero-order valence-electron chi connectivity index (χ0n) is 22.1. The molecule has 0 amide bonds. The molecule has 0 aromatic heterocycles. The van der Waals surface area contributed by atoms with Crippen molar-refractivity contribution in [1.82, 2.24) is 0 Å². The van der Waals surface area contributed by atoms with Crippen LogP contribution in [-0.2, 0) is 12.2 Å². The van der Waals surface area contributed by atoms with Gasteiger partial charge >= 0.3 is 0 Å². The Kier molecular flexibility index (Phi) is 10.9. The summed E-state index contributed by atoms with van der Waals surface area (Å²) in [5, 5.41) is 35.2. The first-order valence-corrected chi connectivity index (χ1v) is 13.3. The lowest BCUT2D eigenvalue weighted by atomic mass is 9.75. The lowest BCUT2D eigenvalue weighted by molar-refractivity contribution is -0.0895. The Bertz CT molecular complexity index is 1220. The van der Waals surface area contributed by atoms with E-state index in [1.807, 2.05) is 74.6 Å². The van der Waals surface area contributed by atoms with Gasteiger partial charge in [0.15, 0.2) is 0 Å². The number of hydrogen-bond donors (Lipinski definition) is 3. The number of phenols is 1. The number of aliphatic hydroxyl groups is 2. The van der Waals surface area contributed by atoms with Gasteiger partial charge in [0.25, 0.3) is 0 Å². The highest BCUT2D eigenvalue weighted by Crippen LogP contribution is 2.54. The molecule has 0 bridgehead atoms. The number of hydrogen-bond acceptors (Lipinski definition) is 4. The molecule has 1 aliphatic carbocycles. The molecule has 38 heavy (non-hydrogen) atoms. The molecule has 0 heterocycles. The van der Waals surface area contributed by atoms with Crippen LogP contribution in [0.2, 0.25) is 0 Å². The van der Waals surface area contributed by atoms with E-state index >= 15 is 0 Å². The van der Waals surface area contributed by atoms with Crippen molar-refractivity contribution in [2.75, 3.05) is 0 Å². The summed E-state index contributed by atoms with van der Waals surface area (Å²) in [4.78, 5) is 0. The number of rotatable bonds is 11. The Balaban J connectivity index is 1.94. The van der Waals surface area contributed by atoms with Crippen LogP contribution in [0.4, 0.5) is 0 Å². The summed E-state index contributed by atoms with van der Waals surface area (Å²) in [5.74, 6) is 2.36. The van der Waals surface area contributed by atoms with Crippen molar-refractivity contribution in [3.05, 3.63) is 107 Å². The van der Waals surface area contributed by atoms with E-state index < -0.39 is 17.6 Å². The van der Waals surface area contributed by atoms with E-state index in [4.69, 9.17) is 22.8 Å². The molecule has 200 valence electrons. The number of terminal acetylenes is 1. The van der Waals surface area contributed by atoms with Gasteiger partial charge in [-0.15, -0.1) is 6.42 Å². The summed E-state index contributed by atoms with van der Waals surface area (Å²) in [6, 6.07) is 14.6. The molecule has 2 aromatic rings. The molecule has 3 rings (SSSR count). The number of aliphatic hydroxyl groups excluding tert-OH is 1. The SMILES string of the molecule is C#C/C=C(\C/C=C\C)C1CC(O)[C@@](O)(c2ccc(OCc3ccccc3)cc2O)C1C/C=C\C/C(Cl)=C\C. The first-order valence-electron chi connectivity index (χ1n) is 13.0. The minimum absolute atomic E-state index is 0.125. The second kappa shape index (κ2) is 14.1. The van der Waals surface area contributed by atoms with Crippen LogP contribution in [0.1, 0.15) is 50.7 Å². The minimum atomic E-state index is -1.69. The second-order valence-corrected chi connectivity index (χ2v) is 10.0. The maximum Gasteiger partial charge on any atom is 0.125 e. The number of aromatic hydroxyl groups is 1. The average Bonchev–Trinajstić information content (AvgIpc) is 3.18. The third-order valence-electron chi connectivity index (χ3n) is 7.20. The Morgan fingerprint density at radius 2 is 1.89 bits per heavy atom. The summed E-state index contributed by atoms with van der Waals surface area (Å²) >= 11 is 6.15. The standard InChI is InChI=1S/C33H37ClO4/c1-4-7-16-25(13-5-2)28-22-32(36)33(37,29(28)18-12-11-17-26(34)6-3)30-20-19-27(21-31(30)35)38-23-24-14-9-8-10-15-24/h2,4,6-15,19-21,28-29,32,35-37H,16-18,22-23H2,1,3H3/b7-4-,12-11-,25-13+,26-6+/t28?,29?,32?,33-/m0/s1. The summed E-state index contributed by atoms with van der Waals surface area (Å²) in [7, 11) is 0. The first-order chi connectivity index (χ1) is 18.3. The Morgan fingerprint density at radius 3 is 2.55 bits per heavy atom. The number of benzene rings is 2. The third-order valence-corrected chi connectivity index (χ3v) is 7.57. The van der Waals surface area contributed by atoms with E-state index in [0.717, 1.165) is 16.2 Å². The molecule has 1 aliphatic rings. The molecule has 4 atom stereocenters. The summed E-state index contributed by atoms with van der Waals surface area (Å²) in [5.41, 5.74) is 0.552. The van der Waals surface area contributed by atoms with Gasteiger partial charge in [-0.2, -0.15) is 0 Å². The van der Waals surface area contributed by atoms with Crippen molar-refractivity contribution in [2.24, 2.45) is 11.8 Å². The van der Waals surface area contributed by atoms with Gasteiger partial charge in [-0.1, -0.05) is 83.8 Å². The van der Waals surface area contributed by atoms with E-state index in [-0.39, 0.29) is 17.2 Å². The zero-order chi connectivity index (χ0) is 27.5. The molecular weight excluding hydrogens is 496 g/mol. The van der Waals surface area contributed by atoms with E-state index in [0.29, 0.717) is 38.0 Å². The molecule has 1 saturated carbocycles. The maximum atomic E-state index is 12.1. The predicted octanol–water partition coefficient (Wildman–Crippen LogP) is 7.16. The van der Waals surface area contributed by atoms with Crippen molar-refractivity contribution in [1.29, 1.82) is 0 Å². The predicted molar refractivity (Wildman–Crippen MR) is 155 cm³/mol. The molecule has 1 fully saturated rings. The van der Waals surface area contributed by atoms with E-state index in [2.05, 4.69) is 5.92 Å². The van der Waals surface area contributed by atoms with Crippen LogP contribution in [-0.4, -0.2) is 21.4 Å². The van der Waals surface area contributed by atoms with Gasteiger partial charge < -0.3 is 20.1 Å². The Morgan fingerprint density at radius 1 is 1.13 bits per heavy atom. The fourth-order valence-corrected chi connectivity index (χ4v) is 5.28. The normalized spacial score (nSPS) is 24.3. The quantitative estimate of drug-likeness (QED) is 0.212. The second-order valence-electron chi connectivity index (χ2n) is 9.55. The fraction of sp³-hybridized carbons (Fsp3) is 0.333. The van der Waals surface area contributed by atoms with Gasteiger partial charge in [-0.3, -0.25) is 0 Å². The average molecular weight is 533 g/mol. The smallest absolute Gasteiger partial charge is 0.125 e. The Hall–Kier alpha value is -3.23. The Labute approximate surface area is 231 Å².